The lowest BCUT2D eigenvalue weighted by atomic mass is 10.4. The van der Waals surface area contributed by atoms with Crippen molar-refractivity contribution in [1.29, 1.82) is 0 Å². The highest BCUT2D eigenvalue weighted by Gasteiger charge is 2.01. The van der Waals surface area contributed by atoms with Gasteiger partial charge in [0.1, 0.15) is 5.52 Å². The molecule has 2 rings (SSSR count). The van der Waals surface area contributed by atoms with Gasteiger partial charge >= 0.3 is 0 Å². The van der Waals surface area contributed by atoms with E-state index < -0.39 is 0 Å². The van der Waals surface area contributed by atoms with Crippen LogP contribution in [0.3, 0.4) is 0 Å². The highest BCUT2D eigenvalue weighted by atomic mass is 127. The predicted octanol–water partition coefficient (Wildman–Crippen LogP) is 3.19. The Balaban J connectivity index is 2.82. The third kappa shape index (κ3) is 1.41. The van der Waals surface area contributed by atoms with Gasteiger partial charge in [-0.2, -0.15) is 0 Å². The fourth-order valence-electron chi connectivity index (χ4n) is 0.863. The molecule has 4 heteroatoms. The van der Waals surface area contributed by atoms with Gasteiger partial charge in [-0.1, -0.05) is 0 Å². The largest absolute Gasteiger partial charge is 0.449 e. The second-order valence-electron chi connectivity index (χ2n) is 2.09. The van der Waals surface area contributed by atoms with Crippen LogP contribution in [0.25, 0.3) is 11.1 Å². The van der Waals surface area contributed by atoms with Crippen molar-refractivity contribution in [2.24, 2.45) is 0 Å². The number of halogens is 2. The van der Waals surface area contributed by atoms with E-state index in [0.717, 1.165) is 19.3 Å². The van der Waals surface area contributed by atoms with Crippen molar-refractivity contribution in [3.05, 3.63) is 26.6 Å². The number of furan rings is 1. The topological polar surface area (TPSA) is 26.0 Å². The highest BCUT2D eigenvalue weighted by molar-refractivity contribution is 14.1. The first-order valence-corrected chi connectivity index (χ1v) is 4.83. The normalized spacial score (nSPS) is 10.7. The lowest BCUT2D eigenvalue weighted by molar-refractivity contribution is 0.583. The molecule has 2 nitrogen and oxygen atoms in total. The van der Waals surface area contributed by atoms with Crippen LogP contribution in [0, 0.1) is 3.77 Å². The Morgan fingerprint density at radius 3 is 3.09 bits per heavy atom. The third-order valence-electron chi connectivity index (χ3n) is 1.31. The second kappa shape index (κ2) is 2.75. The van der Waals surface area contributed by atoms with Crippen LogP contribution in [0.15, 0.2) is 27.2 Å². The summed E-state index contributed by atoms with van der Waals surface area (Å²) in [7, 11) is 0. The zero-order valence-electron chi connectivity index (χ0n) is 5.34. The molecule has 0 unspecified atom stereocenters. The molecule has 0 N–H and O–H groups in total. The van der Waals surface area contributed by atoms with Crippen molar-refractivity contribution in [3.8, 4) is 0 Å². The first-order chi connectivity index (χ1) is 5.25. The van der Waals surface area contributed by atoms with Gasteiger partial charge in [0.2, 0.25) is 0 Å². The molecule has 0 saturated carbocycles. The van der Waals surface area contributed by atoms with Gasteiger partial charge < -0.3 is 4.42 Å². The molecule has 0 aliphatic heterocycles. The maximum absolute atomic E-state index is 5.34. The summed E-state index contributed by atoms with van der Waals surface area (Å²) < 4.78 is 7.15. The zero-order chi connectivity index (χ0) is 7.84. The average Bonchev–Trinajstić information content (AvgIpc) is 2.27. The summed E-state index contributed by atoms with van der Waals surface area (Å²) in [6.07, 6.45) is 1.76. The zero-order valence-corrected chi connectivity index (χ0v) is 9.09. The Kier molecular flexibility index (Phi) is 1.88. The van der Waals surface area contributed by atoms with E-state index in [0.29, 0.717) is 0 Å². The van der Waals surface area contributed by atoms with Crippen LogP contribution in [-0.2, 0) is 0 Å². The van der Waals surface area contributed by atoms with Gasteiger partial charge in [0.15, 0.2) is 9.35 Å². The molecule has 0 atom stereocenters. The second-order valence-corrected chi connectivity index (χ2v) is 4.07. The molecule has 0 amide bonds. The van der Waals surface area contributed by atoms with Gasteiger partial charge in [0.25, 0.3) is 0 Å². The third-order valence-corrected chi connectivity index (χ3v) is 2.27. The summed E-state index contributed by atoms with van der Waals surface area (Å²) in [4.78, 5) is 4.16. The standard InChI is InChI=1S/C7H3BrINO/c8-4-1-6-5(10-3-4)2-7(9)11-6/h1-3H. The van der Waals surface area contributed by atoms with Gasteiger partial charge in [0.05, 0.1) is 0 Å². The van der Waals surface area contributed by atoms with Crippen LogP contribution < -0.4 is 0 Å². The van der Waals surface area contributed by atoms with E-state index in [1.165, 1.54) is 0 Å². The van der Waals surface area contributed by atoms with E-state index in [2.05, 4.69) is 43.5 Å². The number of rotatable bonds is 0. The number of hydrogen-bond acceptors (Lipinski definition) is 2. The number of pyridine rings is 1. The van der Waals surface area contributed by atoms with E-state index in [1.54, 1.807) is 6.20 Å². The molecule has 2 aromatic rings. The van der Waals surface area contributed by atoms with Crippen molar-refractivity contribution < 1.29 is 4.42 Å². The van der Waals surface area contributed by atoms with Crippen molar-refractivity contribution in [3.63, 3.8) is 0 Å². The summed E-state index contributed by atoms with van der Waals surface area (Å²) >= 11 is 5.44. The summed E-state index contributed by atoms with van der Waals surface area (Å²) in [6.45, 7) is 0. The first kappa shape index (κ1) is 7.54. The monoisotopic (exact) mass is 323 g/mol. The predicted molar refractivity (Wildman–Crippen MR) is 54.4 cm³/mol. The van der Waals surface area contributed by atoms with Crippen LogP contribution >= 0.6 is 38.5 Å². The average molecular weight is 324 g/mol. The van der Waals surface area contributed by atoms with Gasteiger partial charge in [-0.15, -0.1) is 0 Å². The van der Waals surface area contributed by atoms with E-state index in [1.807, 2.05) is 12.1 Å². The summed E-state index contributed by atoms with van der Waals surface area (Å²) in [5, 5.41) is 0. The Bertz CT molecular complexity index is 398. The molecular weight excluding hydrogens is 321 g/mol. The van der Waals surface area contributed by atoms with Gasteiger partial charge in [-0.3, -0.25) is 4.98 Å². The van der Waals surface area contributed by atoms with E-state index >= 15 is 0 Å². The summed E-state index contributed by atoms with van der Waals surface area (Å²) in [5.74, 6) is 0. The van der Waals surface area contributed by atoms with Gasteiger partial charge in [-0.25, -0.2) is 0 Å². The maximum atomic E-state index is 5.34. The molecule has 0 radical (unpaired) electrons. The SMILES string of the molecule is Brc1cnc2cc(I)oc2c1. The molecule has 0 saturated heterocycles. The number of fused-ring (bicyclic) bond motifs is 1. The smallest absolute Gasteiger partial charge is 0.166 e. The molecule has 0 bridgehead atoms. The van der Waals surface area contributed by atoms with E-state index in [9.17, 15) is 0 Å². The molecule has 2 heterocycles. The number of hydrogen-bond donors (Lipinski definition) is 0. The molecular formula is C7H3BrINO. The Morgan fingerprint density at radius 1 is 1.45 bits per heavy atom. The van der Waals surface area contributed by atoms with Crippen LogP contribution in [0.5, 0.6) is 0 Å². The fourth-order valence-corrected chi connectivity index (χ4v) is 1.71. The fraction of sp³-hybridized carbons (Fsp3) is 0. The van der Waals surface area contributed by atoms with Crippen molar-refractivity contribution in [2.45, 2.75) is 0 Å². The maximum Gasteiger partial charge on any atom is 0.166 e. The van der Waals surface area contributed by atoms with Crippen LogP contribution in [0.4, 0.5) is 0 Å². The minimum Gasteiger partial charge on any atom is -0.449 e. The molecule has 11 heavy (non-hydrogen) atoms. The molecule has 56 valence electrons. The minimum atomic E-state index is 0.823. The Hall–Kier alpha value is -0.100. The highest BCUT2D eigenvalue weighted by Crippen LogP contribution is 2.21. The minimum absolute atomic E-state index is 0.823. The molecule has 0 aromatic carbocycles. The van der Waals surface area contributed by atoms with E-state index in [-0.39, 0.29) is 0 Å². The molecule has 0 spiro atoms. The number of nitrogens with zero attached hydrogens (tertiary/aromatic N) is 1. The van der Waals surface area contributed by atoms with Crippen LogP contribution in [0.2, 0.25) is 0 Å². The van der Waals surface area contributed by atoms with E-state index in [4.69, 9.17) is 4.42 Å². The van der Waals surface area contributed by atoms with Crippen molar-refractivity contribution >= 4 is 49.6 Å². The van der Waals surface area contributed by atoms with Crippen LogP contribution in [0.1, 0.15) is 0 Å². The molecule has 0 fully saturated rings. The molecule has 2 aromatic heterocycles. The summed E-state index contributed by atoms with van der Waals surface area (Å²) in [5.41, 5.74) is 1.72. The van der Waals surface area contributed by atoms with Gasteiger partial charge in [-0.05, 0) is 44.6 Å². The molecule has 0 aliphatic rings. The van der Waals surface area contributed by atoms with Crippen molar-refractivity contribution in [2.75, 3.05) is 0 Å². The Labute approximate surface area is 85.3 Å². The molecule has 0 aliphatic carbocycles. The van der Waals surface area contributed by atoms with Crippen LogP contribution in [-0.4, -0.2) is 4.98 Å². The van der Waals surface area contributed by atoms with Gasteiger partial charge in [0, 0.05) is 16.7 Å². The Morgan fingerprint density at radius 2 is 2.27 bits per heavy atom. The lowest BCUT2D eigenvalue weighted by Gasteiger charge is -1.86. The van der Waals surface area contributed by atoms with Crippen molar-refractivity contribution in [1.82, 2.24) is 4.98 Å². The summed E-state index contributed by atoms with van der Waals surface area (Å²) in [6, 6.07) is 3.81. The quantitative estimate of drug-likeness (QED) is 0.696. The lowest BCUT2D eigenvalue weighted by Crippen LogP contribution is -1.70. The first-order valence-electron chi connectivity index (χ1n) is 2.96. The number of aromatic nitrogens is 1.